The zero-order valence-corrected chi connectivity index (χ0v) is 11.4. The van der Waals surface area contributed by atoms with E-state index in [1.54, 1.807) is 0 Å². The lowest BCUT2D eigenvalue weighted by Crippen LogP contribution is -2.10. The summed E-state index contributed by atoms with van der Waals surface area (Å²) in [7, 11) is 1.93. The van der Waals surface area contributed by atoms with E-state index in [0.29, 0.717) is 5.02 Å². The van der Waals surface area contributed by atoms with Crippen LogP contribution in [0.5, 0.6) is 0 Å². The maximum absolute atomic E-state index is 9.56. The molecule has 0 spiro atoms. The molecule has 0 aliphatic rings. The first kappa shape index (κ1) is 13.1. The van der Waals surface area contributed by atoms with E-state index in [1.807, 2.05) is 49.0 Å². The highest BCUT2D eigenvalue weighted by Crippen LogP contribution is 2.23. The summed E-state index contributed by atoms with van der Waals surface area (Å²) in [5.74, 6) is 0.0542. The van der Waals surface area contributed by atoms with Crippen LogP contribution >= 0.6 is 11.6 Å². The molecule has 0 bridgehead atoms. The van der Waals surface area contributed by atoms with Crippen LogP contribution in [-0.4, -0.2) is 21.5 Å². The van der Waals surface area contributed by atoms with Crippen molar-refractivity contribution in [3.8, 4) is 0 Å². The Kier molecular flexibility index (Phi) is 4.04. The Labute approximate surface area is 112 Å². The van der Waals surface area contributed by atoms with E-state index in [2.05, 4.69) is 5.10 Å². The van der Waals surface area contributed by atoms with E-state index in [4.69, 9.17) is 11.6 Å². The fourth-order valence-corrected chi connectivity index (χ4v) is 2.35. The zero-order valence-electron chi connectivity index (χ0n) is 10.6. The fourth-order valence-electron chi connectivity index (χ4n) is 2.16. The molecule has 0 saturated carbocycles. The normalized spacial score (nSPS) is 12.7. The van der Waals surface area contributed by atoms with Crippen LogP contribution in [0.4, 0.5) is 0 Å². The second-order valence-electron chi connectivity index (χ2n) is 4.54. The molecule has 1 atom stereocenters. The largest absolute Gasteiger partial charge is 0.396 e. The van der Waals surface area contributed by atoms with Gasteiger partial charge in [0.15, 0.2) is 0 Å². The van der Waals surface area contributed by atoms with E-state index in [9.17, 15) is 5.11 Å². The zero-order chi connectivity index (χ0) is 13.1. The van der Waals surface area contributed by atoms with Crippen LogP contribution in [0.2, 0.25) is 5.02 Å². The van der Waals surface area contributed by atoms with Gasteiger partial charge in [-0.2, -0.15) is 5.10 Å². The lowest BCUT2D eigenvalue weighted by Gasteiger charge is -2.15. The minimum Gasteiger partial charge on any atom is -0.396 e. The highest BCUT2D eigenvalue weighted by Gasteiger charge is 2.14. The van der Waals surface area contributed by atoms with Crippen molar-refractivity contribution in [1.82, 2.24) is 9.78 Å². The second kappa shape index (κ2) is 5.55. The molecule has 0 aliphatic carbocycles. The summed E-state index contributed by atoms with van der Waals surface area (Å²) in [6, 6.07) is 9.71. The average Bonchev–Trinajstić information content (AvgIpc) is 2.64. The van der Waals surface area contributed by atoms with Crippen LogP contribution in [0.25, 0.3) is 0 Å². The van der Waals surface area contributed by atoms with Crippen LogP contribution in [0, 0.1) is 6.92 Å². The SMILES string of the molecule is Cc1cc(CC(CO)c2cccc(Cl)c2)n(C)n1. The molecule has 4 heteroatoms. The van der Waals surface area contributed by atoms with Crippen LogP contribution in [0.15, 0.2) is 30.3 Å². The van der Waals surface area contributed by atoms with Gasteiger partial charge in [-0.3, -0.25) is 4.68 Å². The monoisotopic (exact) mass is 264 g/mol. The minimum absolute atomic E-state index is 0.0542. The molecule has 3 nitrogen and oxygen atoms in total. The summed E-state index contributed by atoms with van der Waals surface area (Å²) in [6.45, 7) is 2.07. The molecule has 1 unspecified atom stereocenters. The van der Waals surface area contributed by atoms with Gasteiger partial charge in [-0.15, -0.1) is 0 Å². The molecule has 1 aromatic carbocycles. The van der Waals surface area contributed by atoms with Crippen molar-refractivity contribution >= 4 is 11.6 Å². The maximum atomic E-state index is 9.56. The average molecular weight is 265 g/mol. The molecule has 0 amide bonds. The summed E-state index contributed by atoms with van der Waals surface area (Å²) < 4.78 is 1.86. The first-order valence-corrected chi connectivity index (χ1v) is 6.34. The van der Waals surface area contributed by atoms with E-state index >= 15 is 0 Å². The highest BCUT2D eigenvalue weighted by molar-refractivity contribution is 6.30. The predicted molar refractivity (Wildman–Crippen MR) is 72.9 cm³/mol. The van der Waals surface area contributed by atoms with E-state index in [0.717, 1.165) is 23.4 Å². The fraction of sp³-hybridized carbons (Fsp3) is 0.357. The topological polar surface area (TPSA) is 38.0 Å². The van der Waals surface area contributed by atoms with Gasteiger partial charge in [0.05, 0.1) is 12.3 Å². The molecule has 0 fully saturated rings. The molecule has 2 rings (SSSR count). The van der Waals surface area contributed by atoms with Gasteiger partial charge in [0.1, 0.15) is 0 Å². The highest BCUT2D eigenvalue weighted by atomic mass is 35.5. The van der Waals surface area contributed by atoms with Gasteiger partial charge >= 0.3 is 0 Å². The molecule has 1 aromatic heterocycles. The lowest BCUT2D eigenvalue weighted by atomic mass is 9.95. The van der Waals surface area contributed by atoms with Crippen molar-refractivity contribution in [3.05, 3.63) is 52.3 Å². The van der Waals surface area contributed by atoms with Crippen LogP contribution in [-0.2, 0) is 13.5 Å². The minimum atomic E-state index is 0.0542. The number of aliphatic hydroxyl groups excluding tert-OH is 1. The first-order valence-electron chi connectivity index (χ1n) is 5.96. The second-order valence-corrected chi connectivity index (χ2v) is 4.98. The third-order valence-corrected chi connectivity index (χ3v) is 3.33. The number of halogens is 1. The summed E-state index contributed by atoms with van der Waals surface area (Å²) in [5.41, 5.74) is 3.17. The van der Waals surface area contributed by atoms with Gasteiger partial charge in [-0.1, -0.05) is 23.7 Å². The third-order valence-electron chi connectivity index (χ3n) is 3.09. The molecule has 0 saturated heterocycles. The maximum Gasteiger partial charge on any atom is 0.0596 e. The quantitative estimate of drug-likeness (QED) is 0.922. The van der Waals surface area contributed by atoms with Crippen molar-refractivity contribution in [2.75, 3.05) is 6.61 Å². The lowest BCUT2D eigenvalue weighted by molar-refractivity contribution is 0.263. The Morgan fingerprint density at radius 1 is 1.39 bits per heavy atom. The Morgan fingerprint density at radius 3 is 2.72 bits per heavy atom. The molecule has 2 aromatic rings. The number of aryl methyl sites for hydroxylation is 2. The van der Waals surface area contributed by atoms with E-state index in [1.165, 1.54) is 0 Å². The number of hydrogen-bond acceptors (Lipinski definition) is 2. The van der Waals surface area contributed by atoms with Crippen molar-refractivity contribution in [1.29, 1.82) is 0 Å². The third kappa shape index (κ3) is 2.92. The Morgan fingerprint density at radius 2 is 2.17 bits per heavy atom. The van der Waals surface area contributed by atoms with E-state index in [-0.39, 0.29) is 12.5 Å². The van der Waals surface area contributed by atoms with Gasteiger partial charge in [0.2, 0.25) is 0 Å². The van der Waals surface area contributed by atoms with Crippen LogP contribution in [0.3, 0.4) is 0 Å². The molecule has 96 valence electrons. The Balaban J connectivity index is 2.22. The number of aliphatic hydroxyl groups is 1. The molecule has 0 aliphatic heterocycles. The summed E-state index contributed by atoms with van der Waals surface area (Å²) in [6.07, 6.45) is 0.758. The van der Waals surface area contributed by atoms with Gasteiger partial charge in [-0.25, -0.2) is 0 Å². The smallest absolute Gasteiger partial charge is 0.0596 e. The standard InChI is InChI=1S/C14H17ClN2O/c1-10-6-14(17(2)16-10)8-12(9-18)11-4-3-5-13(15)7-11/h3-7,12,18H,8-9H2,1-2H3. The molecular weight excluding hydrogens is 248 g/mol. The molecular formula is C14H17ClN2O. The van der Waals surface area contributed by atoms with Crippen molar-refractivity contribution in [3.63, 3.8) is 0 Å². The van der Waals surface area contributed by atoms with Crippen molar-refractivity contribution < 1.29 is 5.11 Å². The summed E-state index contributed by atoms with van der Waals surface area (Å²) >= 11 is 5.99. The molecule has 18 heavy (non-hydrogen) atoms. The van der Waals surface area contributed by atoms with Crippen molar-refractivity contribution in [2.24, 2.45) is 7.05 Å². The predicted octanol–water partition coefficient (Wildman–Crippen LogP) is 2.70. The van der Waals surface area contributed by atoms with Gasteiger partial charge in [0, 0.05) is 23.7 Å². The van der Waals surface area contributed by atoms with Gasteiger partial charge < -0.3 is 5.11 Å². The molecule has 1 N–H and O–H groups in total. The Hall–Kier alpha value is -1.32. The van der Waals surface area contributed by atoms with Crippen LogP contribution < -0.4 is 0 Å². The number of benzene rings is 1. The van der Waals surface area contributed by atoms with E-state index < -0.39 is 0 Å². The number of rotatable bonds is 4. The Bertz CT molecular complexity index is 536. The van der Waals surface area contributed by atoms with Gasteiger partial charge in [-0.05, 0) is 37.1 Å². The molecule has 1 heterocycles. The van der Waals surface area contributed by atoms with Gasteiger partial charge in [0.25, 0.3) is 0 Å². The van der Waals surface area contributed by atoms with Crippen molar-refractivity contribution in [2.45, 2.75) is 19.3 Å². The number of aromatic nitrogens is 2. The van der Waals surface area contributed by atoms with Crippen LogP contribution in [0.1, 0.15) is 22.9 Å². The number of nitrogens with zero attached hydrogens (tertiary/aromatic N) is 2. The molecule has 0 radical (unpaired) electrons. The first-order chi connectivity index (χ1) is 8.60. The summed E-state index contributed by atoms with van der Waals surface area (Å²) in [5, 5.41) is 14.6. The summed E-state index contributed by atoms with van der Waals surface area (Å²) in [4.78, 5) is 0. The number of hydrogen-bond donors (Lipinski definition) is 1.